The Labute approximate surface area is 180 Å². The zero-order valence-electron chi connectivity index (χ0n) is 17.8. The van der Waals surface area contributed by atoms with Gasteiger partial charge in [0.15, 0.2) is 0 Å². The van der Waals surface area contributed by atoms with E-state index in [4.69, 9.17) is 9.72 Å². The van der Waals surface area contributed by atoms with Gasteiger partial charge in [0.2, 0.25) is 5.95 Å². The molecule has 0 saturated carbocycles. The second-order valence-corrected chi connectivity index (χ2v) is 7.54. The average molecular weight is 424 g/mol. The van der Waals surface area contributed by atoms with Gasteiger partial charge in [-0.15, -0.1) is 0 Å². The monoisotopic (exact) mass is 424 g/mol. The van der Waals surface area contributed by atoms with Gasteiger partial charge in [0.1, 0.15) is 17.6 Å². The number of carbonyl (C=O) groups is 1. The Balaban J connectivity index is 1.66. The van der Waals surface area contributed by atoms with E-state index >= 15 is 0 Å². The lowest BCUT2D eigenvalue weighted by molar-refractivity contribution is -0.0246. The molecular weight excluding hydrogens is 399 g/mol. The highest BCUT2D eigenvalue weighted by molar-refractivity contribution is 5.92. The van der Waals surface area contributed by atoms with Gasteiger partial charge in [-0.25, -0.2) is 14.4 Å². The SMILES string of the molecule is CCn1ccc(C(=O)N2CCOC(c3nc(N(C)C)ncc3-c3ccc(F)cc3)C2)n1. The highest BCUT2D eigenvalue weighted by atomic mass is 19.1. The van der Waals surface area contributed by atoms with Crippen LogP contribution in [0.4, 0.5) is 10.3 Å². The van der Waals surface area contributed by atoms with Gasteiger partial charge in [0.25, 0.3) is 5.91 Å². The number of nitrogens with zero attached hydrogens (tertiary/aromatic N) is 6. The van der Waals surface area contributed by atoms with Crippen molar-refractivity contribution in [3.05, 3.63) is 59.9 Å². The molecule has 162 valence electrons. The van der Waals surface area contributed by atoms with Crippen LogP contribution < -0.4 is 4.90 Å². The molecular formula is C22H25FN6O2. The Bertz CT molecular complexity index is 1070. The van der Waals surface area contributed by atoms with E-state index in [1.54, 1.807) is 45.1 Å². The molecule has 2 aromatic heterocycles. The van der Waals surface area contributed by atoms with Crippen molar-refractivity contribution in [2.75, 3.05) is 38.7 Å². The summed E-state index contributed by atoms with van der Waals surface area (Å²) in [5.74, 6) is 0.0913. The molecule has 0 radical (unpaired) electrons. The van der Waals surface area contributed by atoms with Crippen molar-refractivity contribution in [2.24, 2.45) is 0 Å². The molecule has 1 aliphatic heterocycles. The Kier molecular flexibility index (Phi) is 5.94. The fraction of sp³-hybridized carbons (Fsp3) is 0.364. The molecule has 0 spiro atoms. The first-order valence-corrected chi connectivity index (χ1v) is 10.2. The summed E-state index contributed by atoms with van der Waals surface area (Å²) in [4.78, 5) is 25.7. The Hall–Kier alpha value is -3.33. The zero-order chi connectivity index (χ0) is 22.0. The van der Waals surface area contributed by atoms with E-state index < -0.39 is 6.10 Å². The van der Waals surface area contributed by atoms with Crippen LogP contribution in [0.3, 0.4) is 0 Å². The van der Waals surface area contributed by atoms with E-state index in [-0.39, 0.29) is 11.7 Å². The third kappa shape index (κ3) is 4.41. The summed E-state index contributed by atoms with van der Waals surface area (Å²) in [6.45, 7) is 3.88. The number of morpholine rings is 1. The number of aromatic nitrogens is 4. The van der Waals surface area contributed by atoms with Crippen molar-refractivity contribution in [2.45, 2.75) is 19.6 Å². The van der Waals surface area contributed by atoms with Crippen LogP contribution in [0.25, 0.3) is 11.1 Å². The maximum Gasteiger partial charge on any atom is 0.274 e. The second kappa shape index (κ2) is 8.81. The minimum absolute atomic E-state index is 0.134. The molecule has 1 aromatic carbocycles. The van der Waals surface area contributed by atoms with Crippen LogP contribution in [0.2, 0.25) is 0 Å². The van der Waals surface area contributed by atoms with E-state index in [0.717, 1.165) is 11.1 Å². The van der Waals surface area contributed by atoms with E-state index in [1.807, 2.05) is 21.0 Å². The molecule has 1 fully saturated rings. The highest BCUT2D eigenvalue weighted by Crippen LogP contribution is 2.32. The Morgan fingerprint density at radius 3 is 2.71 bits per heavy atom. The number of amides is 1. The largest absolute Gasteiger partial charge is 0.368 e. The number of carbonyl (C=O) groups excluding carboxylic acids is 1. The number of aryl methyl sites for hydroxylation is 1. The number of hydrogen-bond acceptors (Lipinski definition) is 6. The molecule has 1 atom stereocenters. The van der Waals surface area contributed by atoms with Crippen molar-refractivity contribution in [3.63, 3.8) is 0 Å². The second-order valence-electron chi connectivity index (χ2n) is 7.54. The van der Waals surface area contributed by atoms with Gasteiger partial charge in [0.05, 0.1) is 18.8 Å². The maximum absolute atomic E-state index is 13.4. The van der Waals surface area contributed by atoms with Crippen LogP contribution in [-0.4, -0.2) is 64.3 Å². The minimum Gasteiger partial charge on any atom is -0.368 e. The molecule has 1 saturated heterocycles. The van der Waals surface area contributed by atoms with Crippen molar-refractivity contribution in [1.82, 2.24) is 24.6 Å². The van der Waals surface area contributed by atoms with Crippen LogP contribution in [-0.2, 0) is 11.3 Å². The molecule has 9 heteroatoms. The molecule has 0 bridgehead atoms. The van der Waals surface area contributed by atoms with E-state index in [2.05, 4.69) is 10.1 Å². The fourth-order valence-corrected chi connectivity index (χ4v) is 3.51. The van der Waals surface area contributed by atoms with Gasteiger partial charge in [0, 0.05) is 45.1 Å². The predicted octanol–water partition coefficient (Wildman–Crippen LogP) is 2.78. The third-order valence-electron chi connectivity index (χ3n) is 5.20. The van der Waals surface area contributed by atoms with Gasteiger partial charge in [-0.3, -0.25) is 9.48 Å². The average Bonchev–Trinajstić information content (AvgIpc) is 3.28. The normalized spacial score (nSPS) is 16.4. The van der Waals surface area contributed by atoms with Gasteiger partial charge in [-0.05, 0) is 30.7 Å². The van der Waals surface area contributed by atoms with Crippen LogP contribution in [0, 0.1) is 5.82 Å². The minimum atomic E-state index is -0.437. The number of halogens is 1. The van der Waals surface area contributed by atoms with E-state index in [1.165, 1.54) is 12.1 Å². The summed E-state index contributed by atoms with van der Waals surface area (Å²) in [5.41, 5.74) is 2.62. The molecule has 3 aromatic rings. The van der Waals surface area contributed by atoms with Gasteiger partial charge >= 0.3 is 0 Å². The molecule has 0 aliphatic carbocycles. The smallest absolute Gasteiger partial charge is 0.274 e. The van der Waals surface area contributed by atoms with Crippen molar-refractivity contribution in [3.8, 4) is 11.1 Å². The number of anilines is 1. The van der Waals surface area contributed by atoms with Crippen molar-refractivity contribution < 1.29 is 13.9 Å². The number of hydrogen-bond donors (Lipinski definition) is 0. The first-order valence-electron chi connectivity index (χ1n) is 10.2. The van der Waals surface area contributed by atoms with Gasteiger partial charge < -0.3 is 14.5 Å². The van der Waals surface area contributed by atoms with Crippen LogP contribution in [0.5, 0.6) is 0 Å². The van der Waals surface area contributed by atoms with Crippen molar-refractivity contribution >= 4 is 11.9 Å². The lowest BCUT2D eigenvalue weighted by atomic mass is 10.0. The molecule has 1 unspecified atom stereocenters. The first kappa shape index (κ1) is 20.9. The number of ether oxygens (including phenoxy) is 1. The fourth-order valence-electron chi connectivity index (χ4n) is 3.51. The van der Waals surface area contributed by atoms with E-state index in [0.29, 0.717) is 43.6 Å². The standard InChI is InChI=1S/C22H25FN6O2/c1-4-29-10-9-18(26-29)21(30)28-11-12-31-19(14-28)20-17(13-24-22(25-20)27(2)3)15-5-7-16(23)8-6-15/h5-10,13,19H,4,11-12,14H2,1-3H3. The number of rotatable bonds is 5. The van der Waals surface area contributed by atoms with Crippen LogP contribution in [0.15, 0.2) is 42.7 Å². The predicted molar refractivity (Wildman–Crippen MR) is 114 cm³/mol. The molecule has 31 heavy (non-hydrogen) atoms. The Morgan fingerprint density at radius 1 is 1.26 bits per heavy atom. The summed E-state index contributed by atoms with van der Waals surface area (Å²) >= 11 is 0. The maximum atomic E-state index is 13.4. The summed E-state index contributed by atoms with van der Waals surface area (Å²) in [6.07, 6.45) is 3.08. The van der Waals surface area contributed by atoms with E-state index in [9.17, 15) is 9.18 Å². The molecule has 0 N–H and O–H groups in total. The summed E-state index contributed by atoms with van der Waals surface area (Å²) in [5, 5.41) is 4.33. The van der Waals surface area contributed by atoms with Gasteiger partial charge in [-0.2, -0.15) is 5.10 Å². The van der Waals surface area contributed by atoms with Crippen molar-refractivity contribution in [1.29, 1.82) is 0 Å². The Morgan fingerprint density at radius 2 is 2.03 bits per heavy atom. The lowest BCUT2D eigenvalue weighted by Crippen LogP contribution is -2.42. The molecule has 4 rings (SSSR count). The summed E-state index contributed by atoms with van der Waals surface area (Å²) in [7, 11) is 3.72. The summed E-state index contributed by atoms with van der Waals surface area (Å²) < 4.78 is 21.2. The van der Waals surface area contributed by atoms with Gasteiger partial charge in [-0.1, -0.05) is 12.1 Å². The quantitative estimate of drug-likeness (QED) is 0.627. The molecule has 1 amide bonds. The molecule has 3 heterocycles. The van der Waals surface area contributed by atoms with Crippen LogP contribution in [0.1, 0.15) is 29.2 Å². The lowest BCUT2D eigenvalue weighted by Gasteiger charge is -2.33. The van der Waals surface area contributed by atoms with Crippen LogP contribution >= 0.6 is 0 Å². The molecule has 8 nitrogen and oxygen atoms in total. The highest BCUT2D eigenvalue weighted by Gasteiger charge is 2.30. The zero-order valence-corrected chi connectivity index (χ0v) is 17.8. The first-order chi connectivity index (χ1) is 15.0. The number of benzene rings is 1. The summed E-state index contributed by atoms with van der Waals surface area (Å²) in [6, 6.07) is 7.92. The topological polar surface area (TPSA) is 76.4 Å². The third-order valence-corrected chi connectivity index (χ3v) is 5.20. The molecule has 1 aliphatic rings.